The van der Waals surface area contributed by atoms with E-state index in [1.54, 1.807) is 0 Å². The molecule has 7 nitrogen and oxygen atoms in total. The second-order valence-electron chi connectivity index (χ2n) is 7.88. The molecule has 0 bridgehead atoms. The molecule has 1 aromatic heterocycles. The average Bonchev–Trinajstić information content (AvgIpc) is 3.12. The molecule has 1 saturated heterocycles. The fourth-order valence-corrected chi connectivity index (χ4v) is 5.69. The van der Waals surface area contributed by atoms with Crippen molar-refractivity contribution < 1.29 is 19.2 Å². The Balaban J connectivity index is 1.31. The van der Waals surface area contributed by atoms with Crippen LogP contribution in [0.4, 0.5) is 0 Å². The summed E-state index contributed by atoms with van der Waals surface area (Å²) >= 11 is 1.47. The maximum Gasteiger partial charge on any atom is 0.279 e. The van der Waals surface area contributed by atoms with Crippen LogP contribution >= 0.6 is 11.3 Å². The third-order valence-corrected chi connectivity index (χ3v) is 7.26. The van der Waals surface area contributed by atoms with Crippen LogP contribution in [0.3, 0.4) is 0 Å². The summed E-state index contributed by atoms with van der Waals surface area (Å²) in [5.41, 5.74) is 5.99. The number of rotatable bonds is 3. The van der Waals surface area contributed by atoms with Crippen LogP contribution in [-0.2, 0) is 27.2 Å². The van der Waals surface area contributed by atoms with Crippen LogP contribution in [0.5, 0.6) is 0 Å². The quantitative estimate of drug-likeness (QED) is 0.458. The van der Waals surface area contributed by atoms with E-state index in [2.05, 4.69) is 10.9 Å². The number of thiophene rings is 1. The van der Waals surface area contributed by atoms with Crippen molar-refractivity contribution in [2.45, 2.75) is 57.8 Å². The molecule has 2 atom stereocenters. The molecule has 0 spiro atoms. The van der Waals surface area contributed by atoms with E-state index in [1.807, 2.05) is 6.07 Å². The Morgan fingerprint density at radius 1 is 0.964 bits per heavy atom. The Kier molecular flexibility index (Phi) is 5.48. The Labute approximate surface area is 167 Å². The van der Waals surface area contributed by atoms with Gasteiger partial charge in [-0.05, 0) is 50.2 Å². The summed E-state index contributed by atoms with van der Waals surface area (Å²) in [5.74, 6) is -1.97. The van der Waals surface area contributed by atoms with E-state index in [1.165, 1.54) is 28.2 Å². The van der Waals surface area contributed by atoms with Crippen LogP contribution in [0.15, 0.2) is 6.07 Å². The van der Waals surface area contributed by atoms with Gasteiger partial charge in [-0.15, -0.1) is 11.3 Å². The lowest BCUT2D eigenvalue weighted by Crippen LogP contribution is -2.47. The number of amides is 4. The van der Waals surface area contributed by atoms with Crippen molar-refractivity contribution in [1.29, 1.82) is 0 Å². The second-order valence-corrected chi connectivity index (χ2v) is 9.02. The standard InChI is InChI=1S/C20H25N3O4S/c24-17(11-23-19(26)13-7-4-5-8-14(13)20(23)27)21-22-18(25)16-10-12-6-2-1-3-9-15(12)28-16/h10,13-14H,1-9,11H2,(H,21,24)(H,22,25). The molecule has 2 aliphatic carbocycles. The molecule has 0 aromatic carbocycles. The molecule has 2 fully saturated rings. The molecule has 1 aromatic rings. The van der Waals surface area contributed by atoms with Crippen molar-refractivity contribution in [2.75, 3.05) is 6.54 Å². The predicted molar refractivity (Wildman–Crippen MR) is 103 cm³/mol. The molecule has 150 valence electrons. The molecule has 4 amide bonds. The average molecular weight is 404 g/mol. The molecule has 8 heteroatoms. The lowest BCUT2D eigenvalue weighted by atomic mass is 9.81. The highest BCUT2D eigenvalue weighted by atomic mass is 32.1. The fraction of sp³-hybridized carbons (Fsp3) is 0.600. The van der Waals surface area contributed by atoms with Crippen molar-refractivity contribution in [3.8, 4) is 0 Å². The Morgan fingerprint density at radius 3 is 2.36 bits per heavy atom. The maximum atomic E-state index is 12.4. The monoisotopic (exact) mass is 403 g/mol. The van der Waals surface area contributed by atoms with E-state index in [0.29, 0.717) is 17.7 Å². The summed E-state index contributed by atoms with van der Waals surface area (Å²) in [6, 6.07) is 1.91. The highest BCUT2D eigenvalue weighted by molar-refractivity contribution is 7.14. The molecular formula is C20H25N3O4S. The fourth-order valence-electron chi connectivity index (χ4n) is 4.54. The summed E-state index contributed by atoms with van der Waals surface area (Å²) in [6.07, 6.45) is 8.82. The number of nitrogens with one attached hydrogen (secondary N) is 2. The maximum absolute atomic E-state index is 12.4. The number of imide groups is 1. The van der Waals surface area contributed by atoms with E-state index in [9.17, 15) is 19.2 Å². The molecule has 1 aliphatic heterocycles. The molecule has 2 heterocycles. The first kappa shape index (κ1) is 19.1. The minimum atomic E-state index is -0.563. The van der Waals surface area contributed by atoms with Gasteiger partial charge in [-0.25, -0.2) is 0 Å². The van der Waals surface area contributed by atoms with Gasteiger partial charge in [0, 0.05) is 4.88 Å². The smallest absolute Gasteiger partial charge is 0.274 e. The summed E-state index contributed by atoms with van der Waals surface area (Å²) in [6.45, 7) is -0.341. The van der Waals surface area contributed by atoms with Gasteiger partial charge in [0.15, 0.2) is 0 Å². The molecule has 2 N–H and O–H groups in total. The summed E-state index contributed by atoms with van der Waals surface area (Å²) in [5, 5.41) is 0. The number of nitrogens with zero attached hydrogens (tertiary/aromatic N) is 1. The number of likely N-dealkylation sites (tertiary alicyclic amines) is 1. The molecule has 0 radical (unpaired) electrons. The van der Waals surface area contributed by atoms with Gasteiger partial charge in [0.25, 0.3) is 11.8 Å². The van der Waals surface area contributed by atoms with Crippen LogP contribution in [-0.4, -0.2) is 35.1 Å². The topological polar surface area (TPSA) is 95.6 Å². The first-order chi connectivity index (χ1) is 13.5. The normalized spacial score (nSPS) is 24.4. The van der Waals surface area contributed by atoms with E-state index < -0.39 is 5.91 Å². The largest absolute Gasteiger partial charge is 0.279 e. The van der Waals surface area contributed by atoms with Gasteiger partial charge in [0.05, 0.1) is 16.7 Å². The zero-order valence-corrected chi connectivity index (χ0v) is 16.6. The Morgan fingerprint density at radius 2 is 1.64 bits per heavy atom. The summed E-state index contributed by atoms with van der Waals surface area (Å²) in [4.78, 5) is 52.3. The van der Waals surface area contributed by atoms with Crippen molar-refractivity contribution in [3.05, 3.63) is 21.4 Å². The minimum Gasteiger partial charge on any atom is -0.274 e. The first-order valence-corrected chi connectivity index (χ1v) is 10.9. The van der Waals surface area contributed by atoms with Crippen LogP contribution < -0.4 is 10.9 Å². The number of hydrazine groups is 1. The molecule has 3 aliphatic rings. The van der Waals surface area contributed by atoms with Gasteiger partial charge in [0.2, 0.25) is 11.8 Å². The molecule has 1 saturated carbocycles. The van der Waals surface area contributed by atoms with Crippen LogP contribution in [0.25, 0.3) is 0 Å². The van der Waals surface area contributed by atoms with Gasteiger partial charge >= 0.3 is 0 Å². The van der Waals surface area contributed by atoms with Gasteiger partial charge in [-0.1, -0.05) is 19.3 Å². The zero-order valence-electron chi connectivity index (χ0n) is 15.8. The van der Waals surface area contributed by atoms with Gasteiger partial charge in [-0.2, -0.15) is 0 Å². The highest BCUT2D eigenvalue weighted by Gasteiger charge is 2.48. The third-order valence-electron chi connectivity index (χ3n) is 6.02. The Hall–Kier alpha value is -2.22. The number of fused-ring (bicyclic) bond motifs is 2. The summed E-state index contributed by atoms with van der Waals surface area (Å²) in [7, 11) is 0. The summed E-state index contributed by atoms with van der Waals surface area (Å²) < 4.78 is 0. The van der Waals surface area contributed by atoms with E-state index in [0.717, 1.165) is 43.4 Å². The number of hydrogen-bond donors (Lipinski definition) is 2. The SMILES string of the molecule is O=C(CN1C(=O)C2CCCCC2C1=O)NNC(=O)c1cc2c(s1)CCCCC2. The van der Waals surface area contributed by atoms with Crippen molar-refractivity contribution in [2.24, 2.45) is 11.8 Å². The minimum absolute atomic E-state index is 0.252. The van der Waals surface area contributed by atoms with E-state index in [-0.39, 0.29) is 36.1 Å². The molecule has 28 heavy (non-hydrogen) atoms. The van der Waals surface area contributed by atoms with E-state index in [4.69, 9.17) is 0 Å². The van der Waals surface area contributed by atoms with Gasteiger partial charge in [0.1, 0.15) is 6.54 Å². The number of hydrogen-bond acceptors (Lipinski definition) is 5. The van der Waals surface area contributed by atoms with Crippen molar-refractivity contribution in [1.82, 2.24) is 15.8 Å². The van der Waals surface area contributed by atoms with Crippen molar-refractivity contribution in [3.63, 3.8) is 0 Å². The molecule has 4 rings (SSSR count). The van der Waals surface area contributed by atoms with Gasteiger partial charge < -0.3 is 0 Å². The third kappa shape index (κ3) is 3.70. The molecule has 2 unspecified atom stereocenters. The van der Waals surface area contributed by atoms with Crippen LogP contribution in [0, 0.1) is 11.8 Å². The van der Waals surface area contributed by atoms with Crippen LogP contribution in [0.1, 0.15) is 65.1 Å². The van der Waals surface area contributed by atoms with Crippen LogP contribution in [0.2, 0.25) is 0 Å². The van der Waals surface area contributed by atoms with Gasteiger partial charge in [-0.3, -0.25) is 34.9 Å². The number of aryl methyl sites for hydroxylation is 2. The first-order valence-electron chi connectivity index (χ1n) is 10.1. The number of carbonyl (C=O) groups excluding carboxylic acids is 4. The van der Waals surface area contributed by atoms with Crippen molar-refractivity contribution >= 4 is 35.0 Å². The second kappa shape index (κ2) is 8.03. The Bertz CT molecular complexity index is 771. The molecular weight excluding hydrogens is 378 g/mol. The zero-order chi connectivity index (χ0) is 19.7. The highest BCUT2D eigenvalue weighted by Crippen LogP contribution is 2.37. The lowest BCUT2D eigenvalue weighted by molar-refractivity contribution is -0.143. The van der Waals surface area contributed by atoms with E-state index >= 15 is 0 Å². The predicted octanol–water partition coefficient (Wildman–Crippen LogP) is 1.95. The number of carbonyl (C=O) groups is 4. The lowest BCUT2D eigenvalue weighted by Gasteiger charge is -2.19.